The number of hydrogen-bond donors (Lipinski definition) is 0. The summed E-state index contributed by atoms with van der Waals surface area (Å²) in [5, 5.41) is 0. The van der Waals surface area contributed by atoms with Crippen molar-refractivity contribution in [2.45, 2.75) is 316 Å². The quantitative estimate of drug-likeness (QED) is 0.0261. The lowest BCUT2D eigenvalue weighted by Crippen LogP contribution is -2.30. The van der Waals surface area contributed by atoms with Crippen LogP contribution in [0.5, 0.6) is 0 Å². The predicted molar refractivity (Wildman–Crippen MR) is 357 cm³/mol. The van der Waals surface area contributed by atoms with Crippen molar-refractivity contribution < 1.29 is 28.6 Å². The lowest BCUT2D eigenvalue weighted by molar-refractivity contribution is -0.167. The first-order chi connectivity index (χ1) is 40.5. The van der Waals surface area contributed by atoms with Gasteiger partial charge in [0.05, 0.1) is 0 Å². The summed E-state index contributed by atoms with van der Waals surface area (Å²) in [5.74, 6) is -0.914. The first kappa shape index (κ1) is 77.5. The molecule has 0 rings (SSSR count). The fourth-order valence-corrected chi connectivity index (χ4v) is 9.25. The molecule has 0 fully saturated rings. The standard InChI is InChI=1S/C76H126O6/c1-4-7-10-13-16-19-22-25-28-31-33-34-35-36-37-38-39-40-41-42-44-45-48-51-54-57-60-63-66-69-75(78)81-72-73(71-80-74(77)68-65-62-59-56-53-50-47-30-27-24-21-18-15-12-9-6-3)82-76(79)70-67-64-61-58-55-52-49-46-43-32-29-26-23-20-17-14-11-8-5-2/h7,10,16-17,19-21,24-26,28-30,33-34,36-37,39-40,42,44,47,73H,4-6,8-9,11-15,18,22-23,27,31-32,35,38,41,43,45-46,48-72H2,1-3H3/b10-7-,19-16-,20-17-,24-21-,28-25-,29-26-,34-33-,37-36-,40-39-,44-42-,47-30-. The van der Waals surface area contributed by atoms with Crippen LogP contribution in [0.1, 0.15) is 310 Å². The number of ether oxygens (including phenoxy) is 3. The first-order valence-corrected chi connectivity index (χ1v) is 34.2. The molecule has 0 spiro atoms. The lowest BCUT2D eigenvalue weighted by Gasteiger charge is -2.18. The van der Waals surface area contributed by atoms with Gasteiger partial charge in [-0.1, -0.05) is 283 Å². The van der Waals surface area contributed by atoms with E-state index in [1.54, 1.807) is 0 Å². The van der Waals surface area contributed by atoms with Crippen LogP contribution in [0.15, 0.2) is 134 Å². The third-order valence-electron chi connectivity index (χ3n) is 14.4. The van der Waals surface area contributed by atoms with E-state index in [1.165, 1.54) is 128 Å². The highest BCUT2D eigenvalue weighted by molar-refractivity contribution is 5.71. The second kappa shape index (κ2) is 69.0. The van der Waals surface area contributed by atoms with Crippen LogP contribution in [0, 0.1) is 0 Å². The average Bonchev–Trinajstić information content (AvgIpc) is 3.47. The van der Waals surface area contributed by atoms with Crippen molar-refractivity contribution in [3.8, 4) is 0 Å². The van der Waals surface area contributed by atoms with E-state index in [9.17, 15) is 14.4 Å². The number of allylic oxidation sites excluding steroid dienone is 22. The summed E-state index contributed by atoms with van der Waals surface area (Å²) >= 11 is 0. The summed E-state index contributed by atoms with van der Waals surface area (Å²) in [7, 11) is 0. The molecule has 1 unspecified atom stereocenters. The van der Waals surface area contributed by atoms with Crippen molar-refractivity contribution in [2.24, 2.45) is 0 Å². The third kappa shape index (κ3) is 66.4. The maximum atomic E-state index is 12.9. The minimum atomic E-state index is -0.797. The number of carbonyl (C=O) groups is 3. The van der Waals surface area contributed by atoms with Crippen LogP contribution in [0.3, 0.4) is 0 Å². The minimum absolute atomic E-state index is 0.0929. The fraction of sp³-hybridized carbons (Fsp3) is 0.671. The van der Waals surface area contributed by atoms with Gasteiger partial charge in [-0.05, 0) is 141 Å². The van der Waals surface area contributed by atoms with Crippen molar-refractivity contribution in [3.05, 3.63) is 134 Å². The minimum Gasteiger partial charge on any atom is -0.462 e. The topological polar surface area (TPSA) is 78.9 Å². The smallest absolute Gasteiger partial charge is 0.306 e. The molecular weight excluding hydrogens is 1010 g/mol. The van der Waals surface area contributed by atoms with Gasteiger partial charge in [-0.2, -0.15) is 0 Å². The number of unbranched alkanes of at least 4 members (excludes halogenated alkanes) is 28. The van der Waals surface area contributed by atoms with Gasteiger partial charge in [0.25, 0.3) is 0 Å². The van der Waals surface area contributed by atoms with Crippen LogP contribution in [0.25, 0.3) is 0 Å². The second-order valence-corrected chi connectivity index (χ2v) is 22.3. The van der Waals surface area contributed by atoms with Gasteiger partial charge in [-0.3, -0.25) is 14.4 Å². The highest BCUT2D eigenvalue weighted by atomic mass is 16.6. The zero-order valence-electron chi connectivity index (χ0n) is 53.5. The number of carbonyl (C=O) groups excluding carboxylic acids is 3. The normalized spacial score (nSPS) is 13.0. The molecule has 0 radical (unpaired) electrons. The van der Waals surface area contributed by atoms with Gasteiger partial charge in [0.2, 0.25) is 0 Å². The molecule has 1 atom stereocenters. The SMILES string of the molecule is CC/C=C\C/C=C\C/C=C\C/C=C\C/C=C\C/C=C\C/C=C\CCCCCCCCCC(=O)OCC(COC(=O)CCCCCCC/C=C\C/C=C\CCCCCC)OC(=O)CCCCCCCCCCC/C=C\C/C=C\CCCCC. The molecule has 466 valence electrons. The highest BCUT2D eigenvalue weighted by Crippen LogP contribution is 2.15. The molecule has 0 saturated carbocycles. The second-order valence-electron chi connectivity index (χ2n) is 22.3. The zero-order valence-corrected chi connectivity index (χ0v) is 53.5. The van der Waals surface area contributed by atoms with E-state index in [0.717, 1.165) is 141 Å². The van der Waals surface area contributed by atoms with Gasteiger partial charge in [0, 0.05) is 19.3 Å². The Balaban J connectivity index is 4.40. The summed E-state index contributed by atoms with van der Waals surface area (Å²) in [4.78, 5) is 38.4. The Hall–Kier alpha value is -4.45. The van der Waals surface area contributed by atoms with Gasteiger partial charge in [-0.15, -0.1) is 0 Å². The maximum absolute atomic E-state index is 12.9. The van der Waals surface area contributed by atoms with Gasteiger partial charge in [0.15, 0.2) is 6.10 Å². The number of hydrogen-bond acceptors (Lipinski definition) is 6. The van der Waals surface area contributed by atoms with E-state index in [1.807, 2.05) is 0 Å². The van der Waals surface area contributed by atoms with E-state index in [2.05, 4.69) is 154 Å². The third-order valence-corrected chi connectivity index (χ3v) is 14.4. The molecule has 82 heavy (non-hydrogen) atoms. The van der Waals surface area contributed by atoms with Crippen LogP contribution >= 0.6 is 0 Å². The van der Waals surface area contributed by atoms with Crippen molar-refractivity contribution in [1.29, 1.82) is 0 Å². The van der Waals surface area contributed by atoms with E-state index >= 15 is 0 Å². The maximum Gasteiger partial charge on any atom is 0.306 e. The monoisotopic (exact) mass is 1130 g/mol. The van der Waals surface area contributed by atoms with E-state index in [4.69, 9.17) is 14.2 Å². The van der Waals surface area contributed by atoms with Crippen LogP contribution < -0.4 is 0 Å². The molecule has 0 bridgehead atoms. The summed E-state index contributed by atoms with van der Waals surface area (Å²) in [6, 6.07) is 0. The van der Waals surface area contributed by atoms with E-state index in [0.29, 0.717) is 19.3 Å². The molecule has 0 aliphatic rings. The molecule has 6 nitrogen and oxygen atoms in total. The number of rotatable bonds is 61. The first-order valence-electron chi connectivity index (χ1n) is 34.2. The largest absolute Gasteiger partial charge is 0.462 e. The molecule has 0 aromatic carbocycles. The van der Waals surface area contributed by atoms with Crippen LogP contribution in [-0.4, -0.2) is 37.2 Å². The van der Waals surface area contributed by atoms with Crippen molar-refractivity contribution in [1.82, 2.24) is 0 Å². The van der Waals surface area contributed by atoms with E-state index < -0.39 is 6.10 Å². The molecule has 0 aliphatic heterocycles. The Morgan fingerprint density at radius 2 is 0.476 bits per heavy atom. The molecule has 0 aromatic heterocycles. The Morgan fingerprint density at radius 3 is 0.768 bits per heavy atom. The van der Waals surface area contributed by atoms with Gasteiger partial charge < -0.3 is 14.2 Å². The molecule has 0 aromatic rings. The molecular formula is C76H126O6. The van der Waals surface area contributed by atoms with Crippen molar-refractivity contribution in [3.63, 3.8) is 0 Å². The Kier molecular flexibility index (Phi) is 65.3. The van der Waals surface area contributed by atoms with Crippen molar-refractivity contribution >= 4 is 17.9 Å². The lowest BCUT2D eigenvalue weighted by atomic mass is 10.1. The van der Waals surface area contributed by atoms with Gasteiger partial charge in [-0.25, -0.2) is 0 Å². The fourth-order valence-electron chi connectivity index (χ4n) is 9.25. The summed E-state index contributed by atoms with van der Waals surface area (Å²) < 4.78 is 17.0. The molecule has 0 saturated heterocycles. The summed E-state index contributed by atoms with van der Waals surface area (Å²) in [6.45, 7) is 6.48. The Labute approximate surface area is 506 Å². The van der Waals surface area contributed by atoms with Crippen LogP contribution in [0.4, 0.5) is 0 Å². The van der Waals surface area contributed by atoms with Crippen molar-refractivity contribution in [2.75, 3.05) is 13.2 Å². The average molecular weight is 1140 g/mol. The van der Waals surface area contributed by atoms with E-state index in [-0.39, 0.29) is 31.1 Å². The molecule has 0 aliphatic carbocycles. The summed E-state index contributed by atoms with van der Waals surface area (Å²) in [6.07, 6.45) is 97.4. The molecule has 6 heteroatoms. The molecule has 0 heterocycles. The van der Waals surface area contributed by atoms with Gasteiger partial charge in [0.1, 0.15) is 13.2 Å². The summed E-state index contributed by atoms with van der Waals surface area (Å²) in [5.41, 5.74) is 0. The predicted octanol–water partition coefficient (Wildman–Crippen LogP) is 23.7. The molecule has 0 amide bonds. The molecule has 0 N–H and O–H groups in total. The van der Waals surface area contributed by atoms with Gasteiger partial charge >= 0.3 is 17.9 Å². The van der Waals surface area contributed by atoms with Crippen LogP contribution in [0.2, 0.25) is 0 Å². The van der Waals surface area contributed by atoms with Crippen LogP contribution in [-0.2, 0) is 28.6 Å². The Bertz CT molecular complexity index is 1730. The zero-order chi connectivity index (χ0) is 59.2. The highest BCUT2D eigenvalue weighted by Gasteiger charge is 2.19. The number of esters is 3. The Morgan fingerprint density at radius 1 is 0.256 bits per heavy atom.